The number of aryl methyl sites for hydroxylation is 1. The van der Waals surface area contributed by atoms with Gasteiger partial charge in [-0.25, -0.2) is 4.99 Å². The normalized spacial score (nSPS) is 17.7. The summed E-state index contributed by atoms with van der Waals surface area (Å²) in [7, 11) is 2.19. The van der Waals surface area contributed by atoms with Gasteiger partial charge >= 0.3 is 0 Å². The summed E-state index contributed by atoms with van der Waals surface area (Å²) in [6, 6.07) is 19.1. The highest BCUT2D eigenvalue weighted by Crippen LogP contribution is 2.38. The topological polar surface area (TPSA) is 36.9 Å². The molecule has 0 aliphatic carbocycles. The first kappa shape index (κ1) is 18.1. The van der Waals surface area contributed by atoms with Crippen LogP contribution in [-0.2, 0) is 11.2 Å². The van der Waals surface area contributed by atoms with E-state index in [0.29, 0.717) is 0 Å². The summed E-state index contributed by atoms with van der Waals surface area (Å²) in [6.45, 7) is 2.60. The maximum Gasteiger partial charge on any atom is 0.131 e. The van der Waals surface area contributed by atoms with Crippen molar-refractivity contribution >= 4 is 17.2 Å². The summed E-state index contributed by atoms with van der Waals surface area (Å²) in [6.07, 6.45) is 5.44. The number of fused-ring (bicyclic) bond motifs is 1. The van der Waals surface area contributed by atoms with Crippen molar-refractivity contribution in [1.29, 1.82) is 0 Å². The molecule has 0 unspecified atom stereocenters. The number of hydrogen-bond acceptors (Lipinski definition) is 4. The van der Waals surface area contributed by atoms with Crippen molar-refractivity contribution in [2.24, 2.45) is 4.99 Å². The first-order valence-electron chi connectivity index (χ1n) is 10.1. The molecule has 0 amide bonds. The van der Waals surface area contributed by atoms with Crippen LogP contribution < -0.4 is 5.32 Å². The molecule has 142 valence electrons. The molecule has 2 aromatic carbocycles. The smallest absolute Gasteiger partial charge is 0.131 e. The van der Waals surface area contributed by atoms with Gasteiger partial charge in [0.15, 0.2) is 0 Å². The number of rotatable bonds is 5. The highest BCUT2D eigenvalue weighted by Gasteiger charge is 2.42. The van der Waals surface area contributed by atoms with Crippen LogP contribution in [0.3, 0.4) is 0 Å². The number of benzene rings is 2. The lowest BCUT2D eigenvalue weighted by Gasteiger charge is -2.45. The fourth-order valence-electron chi connectivity index (χ4n) is 4.16. The SMILES string of the molecule is CN(CCCCc1ccccc1)C1=Nc2ccccc2NC12CCOCC2. The number of nitrogens with one attached hydrogen (secondary N) is 1. The number of para-hydroxylation sites is 2. The second-order valence-corrected chi connectivity index (χ2v) is 7.64. The van der Waals surface area contributed by atoms with Crippen LogP contribution in [0, 0.1) is 0 Å². The van der Waals surface area contributed by atoms with E-state index in [-0.39, 0.29) is 5.54 Å². The van der Waals surface area contributed by atoms with Gasteiger partial charge in [0.2, 0.25) is 0 Å². The third kappa shape index (κ3) is 4.01. The van der Waals surface area contributed by atoms with Crippen molar-refractivity contribution in [3.05, 3.63) is 60.2 Å². The summed E-state index contributed by atoms with van der Waals surface area (Å²) >= 11 is 0. The molecule has 4 heteroatoms. The van der Waals surface area contributed by atoms with Crippen molar-refractivity contribution in [1.82, 2.24) is 4.90 Å². The molecular formula is C23H29N3O. The number of nitrogens with zero attached hydrogens (tertiary/aromatic N) is 2. The Morgan fingerprint density at radius 2 is 1.74 bits per heavy atom. The number of hydrogen-bond donors (Lipinski definition) is 1. The van der Waals surface area contributed by atoms with Gasteiger partial charge in [-0.2, -0.15) is 0 Å². The zero-order valence-electron chi connectivity index (χ0n) is 16.2. The van der Waals surface area contributed by atoms with E-state index < -0.39 is 0 Å². The number of ether oxygens (including phenoxy) is 1. The van der Waals surface area contributed by atoms with E-state index in [4.69, 9.17) is 9.73 Å². The van der Waals surface area contributed by atoms with Gasteiger partial charge in [-0.1, -0.05) is 42.5 Å². The van der Waals surface area contributed by atoms with Gasteiger partial charge in [0, 0.05) is 39.6 Å². The Bertz CT molecular complexity index is 781. The molecule has 0 bridgehead atoms. The zero-order valence-corrected chi connectivity index (χ0v) is 16.2. The molecule has 2 heterocycles. The number of unbranched alkanes of at least 4 members (excludes halogenated alkanes) is 1. The molecule has 4 nitrogen and oxygen atoms in total. The van der Waals surface area contributed by atoms with Crippen molar-refractivity contribution in [2.75, 3.05) is 32.1 Å². The first-order chi connectivity index (χ1) is 13.3. The summed E-state index contributed by atoms with van der Waals surface area (Å²) in [5, 5.41) is 3.81. The fraction of sp³-hybridized carbons (Fsp3) is 0.435. The van der Waals surface area contributed by atoms with Crippen LogP contribution in [0.15, 0.2) is 59.6 Å². The highest BCUT2D eigenvalue weighted by atomic mass is 16.5. The number of amidine groups is 1. The minimum absolute atomic E-state index is 0.0964. The second-order valence-electron chi connectivity index (χ2n) is 7.64. The van der Waals surface area contributed by atoms with Crippen LogP contribution in [0.1, 0.15) is 31.2 Å². The van der Waals surface area contributed by atoms with E-state index in [1.165, 1.54) is 24.2 Å². The molecule has 1 saturated heterocycles. The molecule has 1 fully saturated rings. The molecule has 0 aromatic heterocycles. The molecular weight excluding hydrogens is 334 g/mol. The van der Waals surface area contributed by atoms with Crippen LogP contribution in [-0.4, -0.2) is 43.1 Å². The molecule has 1 N–H and O–H groups in total. The summed E-state index contributed by atoms with van der Waals surface area (Å²) in [4.78, 5) is 7.44. The molecule has 1 spiro atoms. The van der Waals surface area contributed by atoms with Crippen LogP contribution in [0.2, 0.25) is 0 Å². The Morgan fingerprint density at radius 3 is 2.56 bits per heavy atom. The zero-order chi connectivity index (χ0) is 18.5. The van der Waals surface area contributed by atoms with Crippen molar-refractivity contribution < 1.29 is 4.74 Å². The van der Waals surface area contributed by atoms with Crippen LogP contribution in [0.25, 0.3) is 0 Å². The van der Waals surface area contributed by atoms with E-state index in [0.717, 1.165) is 50.4 Å². The molecule has 2 aliphatic rings. The highest BCUT2D eigenvalue weighted by molar-refractivity contribution is 6.00. The maximum absolute atomic E-state index is 5.65. The van der Waals surface area contributed by atoms with Gasteiger partial charge in [-0.05, 0) is 37.0 Å². The summed E-state index contributed by atoms with van der Waals surface area (Å²) in [5.74, 6) is 1.17. The summed E-state index contributed by atoms with van der Waals surface area (Å²) in [5.41, 5.74) is 3.51. The molecule has 4 rings (SSSR count). The van der Waals surface area contributed by atoms with E-state index in [1.807, 2.05) is 0 Å². The standard InChI is InChI=1S/C23H29N3O/c1-26(16-8-7-11-19-9-3-2-4-10-19)22-23(14-17-27-18-15-23)25-21-13-6-5-12-20(21)24-22/h2-6,9-10,12-13,25H,7-8,11,14-18H2,1H3. The molecule has 2 aliphatic heterocycles. The van der Waals surface area contributed by atoms with Crippen LogP contribution in [0.4, 0.5) is 11.4 Å². The Kier molecular flexibility index (Phi) is 5.44. The lowest BCUT2D eigenvalue weighted by atomic mass is 9.86. The number of aliphatic imine (C=N–C) groups is 1. The van der Waals surface area contributed by atoms with E-state index in [2.05, 4.69) is 71.9 Å². The first-order valence-corrected chi connectivity index (χ1v) is 10.1. The van der Waals surface area contributed by atoms with Crippen molar-refractivity contribution in [3.63, 3.8) is 0 Å². The molecule has 0 saturated carbocycles. The van der Waals surface area contributed by atoms with Crippen LogP contribution in [0.5, 0.6) is 0 Å². The van der Waals surface area contributed by atoms with E-state index in [9.17, 15) is 0 Å². The lowest BCUT2D eigenvalue weighted by molar-refractivity contribution is 0.0750. The third-order valence-electron chi connectivity index (χ3n) is 5.69. The molecule has 27 heavy (non-hydrogen) atoms. The van der Waals surface area contributed by atoms with Gasteiger partial charge < -0.3 is 15.0 Å². The van der Waals surface area contributed by atoms with E-state index in [1.54, 1.807) is 0 Å². The van der Waals surface area contributed by atoms with Gasteiger partial charge in [-0.15, -0.1) is 0 Å². The minimum Gasteiger partial charge on any atom is -0.381 e. The van der Waals surface area contributed by atoms with Gasteiger partial charge in [-0.3, -0.25) is 0 Å². The summed E-state index contributed by atoms with van der Waals surface area (Å²) < 4.78 is 5.65. The Balaban J connectivity index is 1.44. The monoisotopic (exact) mass is 363 g/mol. The number of likely N-dealkylation sites (N-methyl/N-ethyl adjacent to an activating group) is 1. The lowest BCUT2D eigenvalue weighted by Crippen LogP contribution is -2.57. The minimum atomic E-state index is -0.0964. The van der Waals surface area contributed by atoms with Crippen LogP contribution >= 0.6 is 0 Å². The van der Waals surface area contributed by atoms with Crippen molar-refractivity contribution in [3.8, 4) is 0 Å². The van der Waals surface area contributed by atoms with Gasteiger partial charge in [0.1, 0.15) is 5.84 Å². The Morgan fingerprint density at radius 1 is 1.00 bits per heavy atom. The Labute approximate surface area is 162 Å². The maximum atomic E-state index is 5.65. The molecule has 0 atom stereocenters. The number of anilines is 1. The third-order valence-corrected chi connectivity index (χ3v) is 5.69. The quantitative estimate of drug-likeness (QED) is 0.786. The van der Waals surface area contributed by atoms with Gasteiger partial charge in [0.05, 0.1) is 16.9 Å². The average Bonchev–Trinajstić information content (AvgIpc) is 2.72. The molecule has 0 radical (unpaired) electrons. The van der Waals surface area contributed by atoms with E-state index >= 15 is 0 Å². The molecule has 2 aromatic rings. The largest absolute Gasteiger partial charge is 0.381 e. The van der Waals surface area contributed by atoms with Gasteiger partial charge in [0.25, 0.3) is 0 Å². The van der Waals surface area contributed by atoms with Crippen molar-refractivity contribution in [2.45, 2.75) is 37.6 Å². The Hall–Kier alpha value is -2.33. The fourth-order valence-corrected chi connectivity index (χ4v) is 4.16. The predicted octanol–water partition coefficient (Wildman–Crippen LogP) is 4.65. The second kappa shape index (κ2) is 8.13. The average molecular weight is 364 g/mol. The predicted molar refractivity (Wildman–Crippen MR) is 112 cm³/mol.